The summed E-state index contributed by atoms with van der Waals surface area (Å²) in [5.74, 6) is -1.03. The molecule has 2 N–H and O–H groups in total. The Morgan fingerprint density at radius 2 is 2.11 bits per heavy atom. The van der Waals surface area contributed by atoms with E-state index in [0.29, 0.717) is 13.1 Å². The number of rotatable bonds is 2. The lowest BCUT2D eigenvalue weighted by atomic mass is 10.3. The van der Waals surface area contributed by atoms with Crippen LogP contribution in [-0.4, -0.2) is 47.9 Å². The summed E-state index contributed by atoms with van der Waals surface area (Å²) in [5, 5.41) is 5.75. The Hall–Kier alpha value is -1.95. The largest absolute Gasteiger partial charge is 0.342 e. The molecule has 0 bridgehead atoms. The third-order valence-corrected chi connectivity index (χ3v) is 2.97. The van der Waals surface area contributed by atoms with Gasteiger partial charge in [-0.3, -0.25) is 14.6 Å². The molecule has 0 atom stereocenters. The first kappa shape index (κ1) is 13.5. The first-order valence-corrected chi connectivity index (χ1v) is 6.37. The molecule has 0 aromatic carbocycles. The van der Waals surface area contributed by atoms with E-state index in [2.05, 4.69) is 15.6 Å². The lowest BCUT2D eigenvalue weighted by molar-refractivity contribution is -0.146. The van der Waals surface area contributed by atoms with Gasteiger partial charge in [0.25, 0.3) is 0 Å². The lowest BCUT2D eigenvalue weighted by Gasteiger charge is -2.26. The van der Waals surface area contributed by atoms with Crippen LogP contribution in [0.1, 0.15) is 11.4 Å². The van der Waals surface area contributed by atoms with Gasteiger partial charge in [-0.05, 0) is 19.1 Å². The van der Waals surface area contributed by atoms with E-state index in [-0.39, 0.29) is 6.54 Å². The van der Waals surface area contributed by atoms with Gasteiger partial charge in [0.15, 0.2) is 0 Å². The molecular weight excluding hydrogens is 244 g/mol. The zero-order valence-electron chi connectivity index (χ0n) is 11.0. The number of nitrogens with zero attached hydrogens (tertiary/aromatic N) is 2. The molecular formula is C13H18N4O2. The van der Waals surface area contributed by atoms with Crippen LogP contribution >= 0.6 is 0 Å². The monoisotopic (exact) mass is 262 g/mol. The fourth-order valence-corrected chi connectivity index (χ4v) is 1.96. The standard InChI is InChI=1S/C13H18N4O2/c1-10-3-2-4-11(16-10)9-15-12(18)13(19)17-7-5-14-6-8-17/h2-4,14H,5-9H2,1H3,(H,15,18). The second kappa shape index (κ2) is 6.29. The number of aromatic nitrogens is 1. The van der Waals surface area contributed by atoms with Gasteiger partial charge in [0.2, 0.25) is 0 Å². The van der Waals surface area contributed by atoms with Crippen LogP contribution < -0.4 is 10.6 Å². The molecule has 1 fully saturated rings. The molecule has 1 saturated heterocycles. The minimum Gasteiger partial charge on any atom is -0.342 e. The van der Waals surface area contributed by atoms with Gasteiger partial charge in [0, 0.05) is 31.9 Å². The lowest BCUT2D eigenvalue weighted by Crippen LogP contribution is -2.51. The molecule has 0 unspecified atom stereocenters. The zero-order chi connectivity index (χ0) is 13.7. The Bertz CT molecular complexity index is 469. The van der Waals surface area contributed by atoms with Gasteiger partial charge < -0.3 is 15.5 Å². The Labute approximate surface area is 112 Å². The first-order valence-electron chi connectivity index (χ1n) is 6.37. The van der Waals surface area contributed by atoms with E-state index >= 15 is 0 Å². The van der Waals surface area contributed by atoms with Crippen LogP contribution in [0.15, 0.2) is 18.2 Å². The predicted octanol–water partition coefficient (Wildman–Crippen LogP) is -0.562. The molecule has 6 heteroatoms. The molecule has 2 heterocycles. The Balaban J connectivity index is 1.85. The van der Waals surface area contributed by atoms with Crippen molar-refractivity contribution in [3.8, 4) is 0 Å². The summed E-state index contributed by atoms with van der Waals surface area (Å²) in [5.41, 5.74) is 1.64. The van der Waals surface area contributed by atoms with Gasteiger partial charge in [0.05, 0.1) is 12.2 Å². The SMILES string of the molecule is Cc1cccc(CNC(=O)C(=O)N2CCNCC2)n1. The van der Waals surface area contributed by atoms with Crippen LogP contribution in [0.3, 0.4) is 0 Å². The summed E-state index contributed by atoms with van der Waals surface area (Å²) in [6, 6.07) is 5.59. The van der Waals surface area contributed by atoms with Crippen LogP contribution in [0.25, 0.3) is 0 Å². The molecule has 2 amide bonds. The van der Waals surface area contributed by atoms with E-state index in [9.17, 15) is 9.59 Å². The van der Waals surface area contributed by atoms with Crippen molar-refractivity contribution >= 4 is 11.8 Å². The van der Waals surface area contributed by atoms with Crippen molar-refractivity contribution in [3.63, 3.8) is 0 Å². The highest BCUT2D eigenvalue weighted by Gasteiger charge is 2.22. The molecule has 1 aliphatic heterocycles. The van der Waals surface area contributed by atoms with E-state index in [1.54, 1.807) is 4.90 Å². The van der Waals surface area contributed by atoms with Crippen molar-refractivity contribution in [2.45, 2.75) is 13.5 Å². The van der Waals surface area contributed by atoms with Crippen LogP contribution in [0.4, 0.5) is 0 Å². The number of amides is 2. The van der Waals surface area contributed by atoms with E-state index in [0.717, 1.165) is 24.5 Å². The Kier molecular flexibility index (Phi) is 4.46. The van der Waals surface area contributed by atoms with Crippen molar-refractivity contribution in [1.82, 2.24) is 20.5 Å². The number of hydrogen-bond donors (Lipinski definition) is 2. The van der Waals surface area contributed by atoms with Gasteiger partial charge in [-0.25, -0.2) is 0 Å². The molecule has 0 spiro atoms. The highest BCUT2D eigenvalue weighted by Crippen LogP contribution is 1.98. The second-order valence-corrected chi connectivity index (χ2v) is 4.50. The summed E-state index contributed by atoms with van der Waals surface area (Å²) >= 11 is 0. The van der Waals surface area contributed by atoms with Gasteiger partial charge in [-0.2, -0.15) is 0 Å². The van der Waals surface area contributed by atoms with Crippen molar-refractivity contribution in [1.29, 1.82) is 0 Å². The van der Waals surface area contributed by atoms with Gasteiger partial charge in [0.1, 0.15) is 0 Å². The van der Waals surface area contributed by atoms with E-state index in [1.807, 2.05) is 25.1 Å². The number of hydrogen-bond acceptors (Lipinski definition) is 4. The maximum atomic E-state index is 11.9. The maximum absolute atomic E-state index is 11.9. The van der Waals surface area contributed by atoms with Gasteiger partial charge in [-0.15, -0.1) is 0 Å². The summed E-state index contributed by atoms with van der Waals surface area (Å²) in [7, 11) is 0. The van der Waals surface area contributed by atoms with Gasteiger partial charge >= 0.3 is 11.8 Å². The average molecular weight is 262 g/mol. The molecule has 0 aliphatic carbocycles. The van der Waals surface area contributed by atoms with E-state index in [4.69, 9.17) is 0 Å². The molecule has 6 nitrogen and oxygen atoms in total. The van der Waals surface area contributed by atoms with Crippen molar-refractivity contribution < 1.29 is 9.59 Å². The normalized spacial score (nSPS) is 15.1. The smallest absolute Gasteiger partial charge is 0.311 e. The van der Waals surface area contributed by atoms with Crippen molar-refractivity contribution in [2.24, 2.45) is 0 Å². The summed E-state index contributed by atoms with van der Waals surface area (Å²) in [6.45, 7) is 4.79. The molecule has 0 saturated carbocycles. The fraction of sp³-hybridized carbons (Fsp3) is 0.462. The fourth-order valence-electron chi connectivity index (χ4n) is 1.96. The topological polar surface area (TPSA) is 74.3 Å². The van der Waals surface area contributed by atoms with E-state index in [1.165, 1.54) is 0 Å². The minimum absolute atomic E-state index is 0.276. The summed E-state index contributed by atoms with van der Waals surface area (Å²) in [4.78, 5) is 29.4. The summed E-state index contributed by atoms with van der Waals surface area (Å²) in [6.07, 6.45) is 0. The zero-order valence-corrected chi connectivity index (χ0v) is 11.0. The van der Waals surface area contributed by atoms with Crippen LogP contribution in [0.5, 0.6) is 0 Å². The number of piperazine rings is 1. The third-order valence-electron chi connectivity index (χ3n) is 2.97. The summed E-state index contributed by atoms with van der Waals surface area (Å²) < 4.78 is 0. The first-order chi connectivity index (χ1) is 9.16. The van der Waals surface area contributed by atoms with Crippen molar-refractivity contribution in [3.05, 3.63) is 29.6 Å². The maximum Gasteiger partial charge on any atom is 0.311 e. The number of aryl methyl sites for hydroxylation is 1. The minimum atomic E-state index is -0.565. The number of nitrogens with one attached hydrogen (secondary N) is 2. The average Bonchev–Trinajstić information content (AvgIpc) is 2.45. The predicted molar refractivity (Wildman–Crippen MR) is 70.3 cm³/mol. The number of carbonyl (C=O) groups is 2. The molecule has 1 aromatic rings. The van der Waals surface area contributed by atoms with Crippen LogP contribution in [0, 0.1) is 6.92 Å². The quantitative estimate of drug-likeness (QED) is 0.701. The molecule has 1 aromatic heterocycles. The Morgan fingerprint density at radius 1 is 1.37 bits per heavy atom. The van der Waals surface area contributed by atoms with E-state index < -0.39 is 11.8 Å². The molecule has 2 rings (SSSR count). The number of pyridine rings is 1. The van der Waals surface area contributed by atoms with Crippen LogP contribution in [0.2, 0.25) is 0 Å². The van der Waals surface area contributed by atoms with Crippen LogP contribution in [-0.2, 0) is 16.1 Å². The third kappa shape index (κ3) is 3.75. The molecule has 1 aliphatic rings. The van der Waals surface area contributed by atoms with Gasteiger partial charge in [-0.1, -0.05) is 6.07 Å². The Morgan fingerprint density at radius 3 is 2.79 bits per heavy atom. The molecule has 19 heavy (non-hydrogen) atoms. The van der Waals surface area contributed by atoms with Crippen molar-refractivity contribution in [2.75, 3.05) is 26.2 Å². The second-order valence-electron chi connectivity index (χ2n) is 4.50. The highest BCUT2D eigenvalue weighted by molar-refractivity contribution is 6.34. The highest BCUT2D eigenvalue weighted by atomic mass is 16.2. The molecule has 0 radical (unpaired) electrons. The number of carbonyl (C=O) groups excluding carboxylic acids is 2. The molecule has 102 valence electrons.